The average Bonchev–Trinajstić information content (AvgIpc) is 2.41. The fourth-order valence-electron chi connectivity index (χ4n) is 1.93. The quantitative estimate of drug-likeness (QED) is 0.820. The number of benzene rings is 1. The van der Waals surface area contributed by atoms with Crippen LogP contribution in [-0.4, -0.2) is 4.98 Å². The number of aryl methyl sites for hydroxylation is 1. The topological polar surface area (TPSA) is 41.8 Å². The Kier molecular flexibility index (Phi) is 2.56. The lowest BCUT2D eigenvalue weighted by molar-refractivity contribution is 0.623. The summed E-state index contributed by atoms with van der Waals surface area (Å²) in [5.74, 6) is -0.261. The van der Waals surface area contributed by atoms with Crippen LogP contribution in [0.4, 0.5) is 4.39 Å². The molecule has 15 heavy (non-hydrogen) atoms. The number of H-pyrrole nitrogens is 1. The van der Waals surface area contributed by atoms with Crippen molar-refractivity contribution in [2.75, 3.05) is 0 Å². The minimum absolute atomic E-state index is 0.0978. The van der Waals surface area contributed by atoms with E-state index in [-0.39, 0.29) is 11.9 Å². The SMILES string of the molecule is Cc1[nH]c2cc(Br)c(F)cc2c1C(C)N. The van der Waals surface area contributed by atoms with Crippen molar-refractivity contribution in [2.45, 2.75) is 19.9 Å². The molecule has 80 valence electrons. The molecule has 1 heterocycles. The van der Waals surface area contributed by atoms with Gasteiger partial charge >= 0.3 is 0 Å². The van der Waals surface area contributed by atoms with Crippen LogP contribution in [0.5, 0.6) is 0 Å². The van der Waals surface area contributed by atoms with Gasteiger partial charge in [0.1, 0.15) is 5.82 Å². The first-order valence-corrected chi connectivity index (χ1v) is 5.53. The zero-order chi connectivity index (χ0) is 11.2. The molecule has 2 aromatic rings. The molecule has 0 spiro atoms. The van der Waals surface area contributed by atoms with Crippen LogP contribution in [0, 0.1) is 12.7 Å². The van der Waals surface area contributed by atoms with Gasteiger partial charge in [-0.1, -0.05) is 0 Å². The molecule has 0 aliphatic rings. The first-order chi connectivity index (χ1) is 7.00. The van der Waals surface area contributed by atoms with Crippen molar-refractivity contribution >= 4 is 26.8 Å². The Labute approximate surface area is 95.8 Å². The Hall–Kier alpha value is -0.870. The van der Waals surface area contributed by atoms with Crippen LogP contribution in [0.1, 0.15) is 24.2 Å². The smallest absolute Gasteiger partial charge is 0.138 e. The number of nitrogens with one attached hydrogen (secondary N) is 1. The van der Waals surface area contributed by atoms with E-state index in [1.807, 2.05) is 13.8 Å². The van der Waals surface area contributed by atoms with E-state index in [1.54, 1.807) is 6.07 Å². The van der Waals surface area contributed by atoms with Gasteiger partial charge in [-0.2, -0.15) is 0 Å². The second-order valence-electron chi connectivity index (χ2n) is 3.76. The average molecular weight is 271 g/mol. The summed E-state index contributed by atoms with van der Waals surface area (Å²) < 4.78 is 13.9. The molecule has 1 aromatic heterocycles. The van der Waals surface area contributed by atoms with Gasteiger partial charge in [0.05, 0.1) is 4.47 Å². The standard InChI is InChI=1S/C11H12BrFN2/c1-5(14)11-6(2)15-10-4-8(12)9(13)3-7(10)11/h3-5,15H,14H2,1-2H3. The number of aromatic nitrogens is 1. The Morgan fingerprint density at radius 3 is 2.73 bits per heavy atom. The molecule has 0 fully saturated rings. The summed E-state index contributed by atoms with van der Waals surface area (Å²) in [5.41, 5.74) is 8.75. The van der Waals surface area contributed by atoms with Crippen molar-refractivity contribution in [1.29, 1.82) is 0 Å². The highest BCUT2D eigenvalue weighted by molar-refractivity contribution is 9.10. The van der Waals surface area contributed by atoms with E-state index in [0.29, 0.717) is 4.47 Å². The third-order valence-corrected chi connectivity index (χ3v) is 3.14. The number of hydrogen-bond donors (Lipinski definition) is 2. The highest BCUT2D eigenvalue weighted by Gasteiger charge is 2.13. The molecule has 0 bridgehead atoms. The molecular formula is C11H12BrFN2. The lowest BCUT2D eigenvalue weighted by atomic mass is 10.1. The minimum Gasteiger partial charge on any atom is -0.358 e. The van der Waals surface area contributed by atoms with E-state index >= 15 is 0 Å². The molecule has 2 rings (SSSR count). The van der Waals surface area contributed by atoms with Gasteiger partial charge in [-0.15, -0.1) is 0 Å². The third kappa shape index (κ3) is 1.68. The van der Waals surface area contributed by atoms with Gasteiger partial charge in [0.25, 0.3) is 0 Å². The normalized spacial score (nSPS) is 13.4. The number of aromatic amines is 1. The molecule has 4 heteroatoms. The largest absolute Gasteiger partial charge is 0.358 e. The van der Waals surface area contributed by atoms with E-state index in [1.165, 1.54) is 6.07 Å². The molecule has 1 unspecified atom stereocenters. The van der Waals surface area contributed by atoms with Gasteiger partial charge in [0.2, 0.25) is 0 Å². The Bertz CT molecular complexity index is 517. The van der Waals surface area contributed by atoms with E-state index in [2.05, 4.69) is 20.9 Å². The van der Waals surface area contributed by atoms with Gasteiger partial charge < -0.3 is 10.7 Å². The van der Waals surface area contributed by atoms with Crippen LogP contribution >= 0.6 is 15.9 Å². The van der Waals surface area contributed by atoms with Crippen molar-refractivity contribution < 1.29 is 4.39 Å². The highest BCUT2D eigenvalue weighted by Crippen LogP contribution is 2.30. The van der Waals surface area contributed by atoms with Crippen LogP contribution in [0.25, 0.3) is 10.9 Å². The molecule has 2 nitrogen and oxygen atoms in total. The number of fused-ring (bicyclic) bond motifs is 1. The summed E-state index contributed by atoms with van der Waals surface area (Å²) in [6, 6.07) is 3.16. The number of halogens is 2. The predicted molar refractivity (Wildman–Crippen MR) is 63.3 cm³/mol. The van der Waals surface area contributed by atoms with Gasteiger partial charge in [-0.25, -0.2) is 4.39 Å². The lowest BCUT2D eigenvalue weighted by Gasteiger charge is -2.05. The summed E-state index contributed by atoms with van der Waals surface area (Å²) in [5, 5.41) is 0.864. The van der Waals surface area contributed by atoms with E-state index in [9.17, 15) is 4.39 Å². The van der Waals surface area contributed by atoms with Crippen molar-refractivity contribution in [3.05, 3.63) is 33.7 Å². The van der Waals surface area contributed by atoms with Gasteiger partial charge in [-0.05, 0) is 47.5 Å². The fourth-order valence-corrected chi connectivity index (χ4v) is 2.27. The van der Waals surface area contributed by atoms with Crippen molar-refractivity contribution in [3.63, 3.8) is 0 Å². The molecule has 0 radical (unpaired) electrons. The maximum atomic E-state index is 13.4. The second-order valence-corrected chi connectivity index (χ2v) is 4.62. The van der Waals surface area contributed by atoms with E-state index in [0.717, 1.165) is 22.2 Å². The Morgan fingerprint density at radius 2 is 2.13 bits per heavy atom. The monoisotopic (exact) mass is 270 g/mol. The summed E-state index contributed by atoms with van der Waals surface area (Å²) in [6.45, 7) is 3.85. The second kappa shape index (κ2) is 3.61. The van der Waals surface area contributed by atoms with E-state index in [4.69, 9.17) is 5.73 Å². The van der Waals surface area contributed by atoms with E-state index < -0.39 is 0 Å². The zero-order valence-electron chi connectivity index (χ0n) is 8.57. The first-order valence-electron chi connectivity index (χ1n) is 4.73. The van der Waals surface area contributed by atoms with Gasteiger partial charge in [-0.3, -0.25) is 0 Å². The fraction of sp³-hybridized carbons (Fsp3) is 0.273. The number of rotatable bonds is 1. The van der Waals surface area contributed by atoms with Crippen molar-refractivity contribution in [3.8, 4) is 0 Å². The maximum absolute atomic E-state index is 13.4. The predicted octanol–water partition coefficient (Wildman–Crippen LogP) is 3.40. The molecule has 0 saturated heterocycles. The van der Waals surface area contributed by atoms with Crippen LogP contribution in [0.2, 0.25) is 0 Å². The highest BCUT2D eigenvalue weighted by atomic mass is 79.9. The Balaban J connectivity index is 2.81. The third-order valence-electron chi connectivity index (χ3n) is 2.53. The zero-order valence-corrected chi connectivity index (χ0v) is 10.2. The molecular weight excluding hydrogens is 259 g/mol. The summed E-state index contributed by atoms with van der Waals surface area (Å²) in [4.78, 5) is 3.20. The summed E-state index contributed by atoms with van der Waals surface area (Å²) in [6.07, 6.45) is 0. The Morgan fingerprint density at radius 1 is 1.47 bits per heavy atom. The summed E-state index contributed by atoms with van der Waals surface area (Å²) in [7, 11) is 0. The van der Waals surface area contributed by atoms with Crippen LogP contribution in [0.3, 0.4) is 0 Å². The van der Waals surface area contributed by atoms with Gasteiger partial charge in [0.15, 0.2) is 0 Å². The number of nitrogens with two attached hydrogens (primary N) is 1. The van der Waals surface area contributed by atoms with Crippen LogP contribution in [0.15, 0.2) is 16.6 Å². The molecule has 1 atom stereocenters. The van der Waals surface area contributed by atoms with Crippen molar-refractivity contribution in [2.24, 2.45) is 5.73 Å². The number of hydrogen-bond acceptors (Lipinski definition) is 1. The van der Waals surface area contributed by atoms with Crippen LogP contribution < -0.4 is 5.73 Å². The molecule has 0 aliphatic carbocycles. The molecule has 0 saturated carbocycles. The molecule has 3 N–H and O–H groups in total. The molecule has 0 amide bonds. The van der Waals surface area contributed by atoms with Crippen LogP contribution in [-0.2, 0) is 0 Å². The van der Waals surface area contributed by atoms with Gasteiger partial charge in [0, 0.05) is 22.6 Å². The van der Waals surface area contributed by atoms with Crippen molar-refractivity contribution in [1.82, 2.24) is 4.98 Å². The molecule has 0 aliphatic heterocycles. The molecule has 1 aromatic carbocycles. The lowest BCUT2D eigenvalue weighted by Crippen LogP contribution is -2.05. The maximum Gasteiger partial charge on any atom is 0.138 e. The summed E-state index contributed by atoms with van der Waals surface area (Å²) >= 11 is 3.16. The first kappa shape index (κ1) is 10.6. The minimum atomic E-state index is -0.261.